The summed E-state index contributed by atoms with van der Waals surface area (Å²) in [6.07, 6.45) is 13.2. The highest BCUT2D eigenvalue weighted by Crippen LogP contribution is 2.26. The van der Waals surface area contributed by atoms with Crippen LogP contribution in [0.25, 0.3) is 0 Å². The molecule has 0 amide bonds. The summed E-state index contributed by atoms with van der Waals surface area (Å²) < 4.78 is 0. The van der Waals surface area contributed by atoms with Crippen molar-refractivity contribution in [2.45, 2.75) is 45.6 Å². The third-order valence-corrected chi connectivity index (χ3v) is 3.60. The van der Waals surface area contributed by atoms with Crippen LogP contribution >= 0.6 is 0 Å². The van der Waals surface area contributed by atoms with Crippen LogP contribution in [0.1, 0.15) is 39.5 Å². The molecule has 0 aliphatic heterocycles. The maximum Gasteiger partial charge on any atom is 0.0540 e. The van der Waals surface area contributed by atoms with E-state index in [2.05, 4.69) is 35.5 Å². The van der Waals surface area contributed by atoms with Crippen LogP contribution in [0.3, 0.4) is 0 Å². The molecule has 1 aliphatic rings. The maximum atomic E-state index is 4.57. The minimum atomic E-state index is 0.608. The van der Waals surface area contributed by atoms with Crippen molar-refractivity contribution in [3.8, 4) is 0 Å². The molecule has 0 aromatic carbocycles. The van der Waals surface area contributed by atoms with E-state index in [-0.39, 0.29) is 0 Å². The van der Waals surface area contributed by atoms with Gasteiger partial charge in [0.05, 0.1) is 6.21 Å². The molecule has 0 spiro atoms. The van der Waals surface area contributed by atoms with Gasteiger partial charge in [0.25, 0.3) is 0 Å². The fourth-order valence-corrected chi connectivity index (χ4v) is 2.39. The van der Waals surface area contributed by atoms with Gasteiger partial charge in [0.1, 0.15) is 0 Å². The van der Waals surface area contributed by atoms with E-state index >= 15 is 0 Å². The molecule has 1 rings (SSSR count). The standard InChI is InChI=1S/C15H27N3/c1-5-14(9-10-16-3)12-17-18(4)15-8-6-7-13(2)11-15/h5,9-10,12-13,15-16H,6-8,11H2,1-4H3/b10-9-,14-5-,17-12+. The second-order valence-electron chi connectivity index (χ2n) is 5.15. The molecular weight excluding hydrogens is 222 g/mol. The van der Waals surface area contributed by atoms with Gasteiger partial charge in [-0.05, 0) is 43.5 Å². The van der Waals surface area contributed by atoms with Gasteiger partial charge < -0.3 is 5.32 Å². The molecule has 1 fully saturated rings. The lowest BCUT2D eigenvalue weighted by molar-refractivity contribution is 0.170. The van der Waals surface area contributed by atoms with Crippen LogP contribution in [0, 0.1) is 5.92 Å². The topological polar surface area (TPSA) is 27.6 Å². The quantitative estimate of drug-likeness (QED) is 0.460. The normalized spacial score (nSPS) is 25.9. The summed E-state index contributed by atoms with van der Waals surface area (Å²) in [6.45, 7) is 4.38. The highest BCUT2D eigenvalue weighted by atomic mass is 15.4. The Labute approximate surface area is 112 Å². The second kappa shape index (κ2) is 7.96. The SMILES string of the molecule is C/C=C(/C=C\NC)\C=N\N(C)C1CCCC(C)C1. The van der Waals surface area contributed by atoms with Crippen molar-refractivity contribution in [1.29, 1.82) is 0 Å². The summed E-state index contributed by atoms with van der Waals surface area (Å²) in [5.74, 6) is 0.840. The van der Waals surface area contributed by atoms with Crippen molar-refractivity contribution in [3.05, 3.63) is 23.9 Å². The predicted octanol–water partition coefficient (Wildman–Crippen LogP) is 3.16. The Morgan fingerprint density at radius 1 is 1.39 bits per heavy atom. The molecule has 18 heavy (non-hydrogen) atoms. The molecule has 0 radical (unpaired) electrons. The van der Waals surface area contributed by atoms with Gasteiger partial charge in [0, 0.05) is 20.1 Å². The van der Waals surface area contributed by atoms with E-state index in [9.17, 15) is 0 Å². The fourth-order valence-electron chi connectivity index (χ4n) is 2.39. The summed E-state index contributed by atoms with van der Waals surface area (Å²) >= 11 is 0. The molecule has 1 aliphatic carbocycles. The maximum absolute atomic E-state index is 4.57. The lowest BCUT2D eigenvalue weighted by Gasteiger charge is -2.32. The zero-order valence-electron chi connectivity index (χ0n) is 12.2. The van der Waals surface area contributed by atoms with Gasteiger partial charge >= 0.3 is 0 Å². The molecule has 2 unspecified atom stereocenters. The predicted molar refractivity (Wildman–Crippen MR) is 79.6 cm³/mol. The van der Waals surface area contributed by atoms with E-state index in [0.717, 1.165) is 11.5 Å². The first-order valence-corrected chi connectivity index (χ1v) is 6.94. The Hall–Kier alpha value is -1.25. The lowest BCUT2D eigenvalue weighted by atomic mass is 9.87. The summed E-state index contributed by atoms with van der Waals surface area (Å²) in [5, 5.41) is 9.69. The Kier molecular flexibility index (Phi) is 6.55. The number of hydrogen-bond donors (Lipinski definition) is 1. The molecule has 0 saturated heterocycles. The summed E-state index contributed by atoms with van der Waals surface area (Å²) in [7, 11) is 3.99. The smallest absolute Gasteiger partial charge is 0.0540 e. The number of allylic oxidation sites excluding steroid dienone is 3. The molecule has 2 atom stereocenters. The highest BCUT2D eigenvalue weighted by molar-refractivity contribution is 5.81. The minimum Gasteiger partial charge on any atom is -0.394 e. The van der Waals surface area contributed by atoms with Gasteiger partial charge in [-0.25, -0.2) is 0 Å². The summed E-state index contributed by atoms with van der Waals surface area (Å²) in [5.41, 5.74) is 1.13. The lowest BCUT2D eigenvalue weighted by Crippen LogP contribution is -2.32. The average Bonchev–Trinajstić information content (AvgIpc) is 2.38. The zero-order valence-corrected chi connectivity index (χ0v) is 12.2. The van der Waals surface area contributed by atoms with Gasteiger partial charge in [-0.3, -0.25) is 5.01 Å². The first-order chi connectivity index (χ1) is 8.67. The van der Waals surface area contributed by atoms with Crippen molar-refractivity contribution < 1.29 is 0 Å². The number of hydrogen-bond acceptors (Lipinski definition) is 3. The molecule has 1 saturated carbocycles. The first kappa shape index (κ1) is 14.8. The highest BCUT2D eigenvalue weighted by Gasteiger charge is 2.21. The Bertz CT molecular complexity index is 318. The number of nitrogens with zero attached hydrogens (tertiary/aromatic N) is 2. The van der Waals surface area contributed by atoms with Gasteiger partial charge in [-0.2, -0.15) is 5.10 Å². The average molecular weight is 249 g/mol. The van der Waals surface area contributed by atoms with Crippen LogP contribution in [0.5, 0.6) is 0 Å². The molecule has 0 heterocycles. The van der Waals surface area contributed by atoms with E-state index < -0.39 is 0 Å². The molecule has 102 valence electrons. The first-order valence-electron chi connectivity index (χ1n) is 6.94. The van der Waals surface area contributed by atoms with Crippen LogP contribution in [0.4, 0.5) is 0 Å². The zero-order chi connectivity index (χ0) is 13.4. The van der Waals surface area contributed by atoms with E-state index in [4.69, 9.17) is 0 Å². The monoisotopic (exact) mass is 249 g/mol. The van der Waals surface area contributed by atoms with Crippen LogP contribution < -0.4 is 5.32 Å². The van der Waals surface area contributed by atoms with Gasteiger partial charge in [-0.15, -0.1) is 0 Å². The summed E-state index contributed by atoms with van der Waals surface area (Å²) in [6, 6.07) is 0.608. The van der Waals surface area contributed by atoms with Crippen LogP contribution in [0.2, 0.25) is 0 Å². The van der Waals surface area contributed by atoms with Crippen LogP contribution in [0.15, 0.2) is 29.0 Å². The molecular formula is C15H27N3. The largest absolute Gasteiger partial charge is 0.394 e. The molecule has 1 N–H and O–H groups in total. The van der Waals surface area contributed by atoms with E-state index in [1.165, 1.54) is 25.7 Å². The van der Waals surface area contributed by atoms with Crippen molar-refractivity contribution >= 4 is 6.21 Å². The minimum absolute atomic E-state index is 0.608. The number of rotatable bonds is 5. The van der Waals surface area contributed by atoms with Crippen molar-refractivity contribution in [2.75, 3.05) is 14.1 Å². The Balaban J connectivity index is 2.51. The van der Waals surface area contributed by atoms with Gasteiger partial charge in [0.15, 0.2) is 0 Å². The molecule has 0 aromatic heterocycles. The van der Waals surface area contributed by atoms with E-state index in [1.54, 1.807) is 0 Å². The van der Waals surface area contributed by atoms with E-state index in [0.29, 0.717) is 6.04 Å². The van der Waals surface area contributed by atoms with Gasteiger partial charge in [-0.1, -0.05) is 25.8 Å². The fraction of sp³-hybridized carbons (Fsp3) is 0.667. The van der Waals surface area contributed by atoms with Crippen LogP contribution in [-0.2, 0) is 0 Å². The summed E-state index contributed by atoms with van der Waals surface area (Å²) in [4.78, 5) is 0. The Morgan fingerprint density at radius 2 is 2.17 bits per heavy atom. The molecule has 3 nitrogen and oxygen atoms in total. The van der Waals surface area contributed by atoms with E-state index in [1.807, 2.05) is 32.5 Å². The third-order valence-electron chi connectivity index (χ3n) is 3.60. The second-order valence-corrected chi connectivity index (χ2v) is 5.15. The molecule has 3 heteroatoms. The molecule has 0 bridgehead atoms. The third kappa shape index (κ3) is 4.94. The van der Waals surface area contributed by atoms with Crippen molar-refractivity contribution in [2.24, 2.45) is 11.0 Å². The number of hydrazone groups is 1. The van der Waals surface area contributed by atoms with Crippen molar-refractivity contribution in [3.63, 3.8) is 0 Å². The Morgan fingerprint density at radius 3 is 2.78 bits per heavy atom. The van der Waals surface area contributed by atoms with Gasteiger partial charge in [0.2, 0.25) is 0 Å². The van der Waals surface area contributed by atoms with Crippen molar-refractivity contribution in [1.82, 2.24) is 10.3 Å². The molecule has 0 aromatic rings. The number of nitrogens with one attached hydrogen (secondary N) is 1. The van der Waals surface area contributed by atoms with Crippen LogP contribution in [-0.4, -0.2) is 31.4 Å².